The van der Waals surface area contributed by atoms with Gasteiger partial charge in [-0.25, -0.2) is 10.1 Å². The Labute approximate surface area is 185 Å². The molecule has 156 valence electrons. The van der Waals surface area contributed by atoms with Gasteiger partial charge in [-0.1, -0.05) is 63.9 Å². The highest BCUT2D eigenvalue weighted by atomic mass is 79.9. The third-order valence-corrected chi connectivity index (χ3v) is 5.62. The van der Waals surface area contributed by atoms with Gasteiger partial charge in [-0.3, -0.25) is 19.3 Å². The highest BCUT2D eigenvalue weighted by Crippen LogP contribution is 2.25. The lowest BCUT2D eigenvalue weighted by atomic mass is 10.0. The number of hydrogen-bond acceptors (Lipinski definition) is 5. The molecule has 1 heterocycles. The van der Waals surface area contributed by atoms with Crippen LogP contribution in [0.25, 0.3) is 0 Å². The van der Waals surface area contributed by atoms with Crippen LogP contribution in [0.5, 0.6) is 0 Å². The molecule has 0 saturated heterocycles. The van der Waals surface area contributed by atoms with Crippen LogP contribution >= 0.6 is 27.5 Å². The van der Waals surface area contributed by atoms with Crippen LogP contribution in [0.3, 0.4) is 0 Å². The summed E-state index contributed by atoms with van der Waals surface area (Å²) in [5.41, 5.74) is 1.46. The lowest BCUT2D eigenvalue weighted by Gasteiger charge is -2.31. The molecule has 3 rings (SSSR count). The number of halogens is 2. The smallest absolute Gasteiger partial charge is 0.269 e. The van der Waals surface area contributed by atoms with Crippen molar-refractivity contribution in [2.24, 2.45) is 10.9 Å². The molecule has 0 aromatic heterocycles. The topological polar surface area (TPSA) is 108 Å². The van der Waals surface area contributed by atoms with Crippen LogP contribution in [0.2, 0.25) is 5.02 Å². The molecule has 30 heavy (non-hydrogen) atoms. The van der Waals surface area contributed by atoms with Crippen molar-refractivity contribution in [1.29, 1.82) is 0 Å². The van der Waals surface area contributed by atoms with Crippen LogP contribution < -0.4 is 5.32 Å². The molecule has 0 spiro atoms. The maximum atomic E-state index is 13.2. The summed E-state index contributed by atoms with van der Waals surface area (Å²) in [5, 5.41) is 11.0. The van der Waals surface area contributed by atoms with E-state index in [9.17, 15) is 14.4 Å². The number of amidine groups is 1. The zero-order chi connectivity index (χ0) is 21.7. The number of nitrogens with zero attached hydrogens (tertiary/aromatic N) is 2. The normalized spacial score (nSPS) is 16.4. The molecule has 8 nitrogen and oxygen atoms in total. The van der Waals surface area contributed by atoms with Gasteiger partial charge >= 0.3 is 0 Å². The number of hydrogen-bond donors (Lipinski definition) is 2. The van der Waals surface area contributed by atoms with Gasteiger partial charge in [0.05, 0.1) is 6.54 Å². The molecule has 2 aromatic rings. The number of rotatable bonds is 7. The fraction of sp³-hybridized carbons (Fsp3) is 0.200. The van der Waals surface area contributed by atoms with E-state index in [1.807, 2.05) is 24.3 Å². The van der Waals surface area contributed by atoms with Gasteiger partial charge in [-0.05, 0) is 23.3 Å². The number of benzene rings is 2. The van der Waals surface area contributed by atoms with Crippen molar-refractivity contribution in [2.75, 3.05) is 6.73 Å². The highest BCUT2D eigenvalue weighted by molar-refractivity contribution is 9.10. The van der Waals surface area contributed by atoms with E-state index in [2.05, 4.69) is 31.1 Å². The molecule has 10 heteroatoms. The number of nitrogens with one attached hydrogen (secondary N) is 1. The fourth-order valence-electron chi connectivity index (χ4n) is 2.98. The standard InChI is InChI=1S/C20H17BrClN3O5/c21-14-7-3-1-6-13(14)10-25-16(9-12-5-2-4-8-15(12)22)24-19(27)17(20(25)28)18(26)23-11-30-29/h1-8,17,29H,9-11H2,(H,23,26). The van der Waals surface area contributed by atoms with E-state index in [-0.39, 0.29) is 18.8 Å². The van der Waals surface area contributed by atoms with Crippen molar-refractivity contribution in [3.05, 3.63) is 69.2 Å². The second kappa shape index (κ2) is 9.94. The first-order valence-electron chi connectivity index (χ1n) is 8.86. The lowest BCUT2D eigenvalue weighted by Crippen LogP contribution is -2.53. The third-order valence-electron chi connectivity index (χ3n) is 4.48. The molecule has 2 N–H and O–H groups in total. The van der Waals surface area contributed by atoms with Gasteiger partial charge in [0.25, 0.3) is 11.8 Å². The van der Waals surface area contributed by atoms with Crippen LogP contribution in [0.15, 0.2) is 58.0 Å². The van der Waals surface area contributed by atoms with Gasteiger partial charge in [0.2, 0.25) is 5.91 Å². The van der Waals surface area contributed by atoms with Crippen LogP contribution in [0.4, 0.5) is 0 Å². The number of carbonyl (C=O) groups excluding carboxylic acids is 3. The first kappa shape index (κ1) is 22.1. The molecule has 0 bridgehead atoms. The summed E-state index contributed by atoms with van der Waals surface area (Å²) in [5.74, 6) is -3.99. The van der Waals surface area contributed by atoms with Gasteiger partial charge in [0, 0.05) is 15.9 Å². The molecule has 0 fully saturated rings. The summed E-state index contributed by atoms with van der Waals surface area (Å²) in [6.07, 6.45) is 0.135. The van der Waals surface area contributed by atoms with E-state index in [1.165, 1.54) is 4.90 Å². The lowest BCUT2D eigenvalue weighted by molar-refractivity contribution is -0.247. The molecule has 0 saturated carbocycles. The molecular weight excluding hydrogens is 478 g/mol. The summed E-state index contributed by atoms with van der Waals surface area (Å²) in [6.45, 7) is -0.465. The largest absolute Gasteiger partial charge is 0.329 e. The minimum Gasteiger partial charge on any atom is -0.329 e. The van der Waals surface area contributed by atoms with Crippen molar-refractivity contribution in [1.82, 2.24) is 10.2 Å². The van der Waals surface area contributed by atoms with Crippen LogP contribution in [0.1, 0.15) is 11.1 Å². The number of aliphatic imine (C=N–C) groups is 1. The average Bonchev–Trinajstić information content (AvgIpc) is 2.72. The van der Waals surface area contributed by atoms with Gasteiger partial charge in [0.15, 0.2) is 12.6 Å². The summed E-state index contributed by atoms with van der Waals surface area (Å²) in [7, 11) is 0. The second-order valence-electron chi connectivity index (χ2n) is 6.40. The van der Waals surface area contributed by atoms with E-state index in [4.69, 9.17) is 16.9 Å². The predicted molar refractivity (Wildman–Crippen MR) is 113 cm³/mol. The maximum absolute atomic E-state index is 13.2. The number of amides is 3. The van der Waals surface area contributed by atoms with Crippen LogP contribution in [-0.4, -0.2) is 40.4 Å². The molecule has 0 aliphatic carbocycles. The highest BCUT2D eigenvalue weighted by Gasteiger charge is 2.42. The van der Waals surface area contributed by atoms with E-state index >= 15 is 0 Å². The van der Waals surface area contributed by atoms with E-state index < -0.39 is 30.4 Å². The molecule has 2 aromatic carbocycles. The summed E-state index contributed by atoms with van der Waals surface area (Å²) >= 11 is 9.68. The first-order valence-corrected chi connectivity index (χ1v) is 10.0. The van der Waals surface area contributed by atoms with Gasteiger partial charge in [-0.2, -0.15) is 4.99 Å². The zero-order valence-corrected chi connectivity index (χ0v) is 17.9. The Morgan fingerprint density at radius 1 is 1.17 bits per heavy atom. The molecular formula is C20H17BrClN3O5. The minimum atomic E-state index is -1.67. The monoisotopic (exact) mass is 493 g/mol. The summed E-state index contributed by atoms with van der Waals surface area (Å²) < 4.78 is 0.765. The SMILES string of the molecule is O=C1N=C(Cc2ccccc2Cl)N(Cc2ccccc2Br)C(=O)C1C(=O)NCOO. The Hall–Kier alpha value is -2.59. The van der Waals surface area contributed by atoms with Crippen LogP contribution in [-0.2, 0) is 32.2 Å². The molecule has 1 aliphatic heterocycles. The Morgan fingerprint density at radius 3 is 2.50 bits per heavy atom. The number of carbonyl (C=O) groups is 3. The molecule has 0 radical (unpaired) electrons. The third kappa shape index (κ3) is 4.93. The van der Waals surface area contributed by atoms with Crippen LogP contribution in [0, 0.1) is 5.92 Å². The molecule has 1 atom stereocenters. The van der Waals surface area contributed by atoms with Crippen molar-refractivity contribution >= 4 is 51.1 Å². The average molecular weight is 495 g/mol. The van der Waals surface area contributed by atoms with Gasteiger partial charge in [-0.15, -0.1) is 0 Å². The van der Waals surface area contributed by atoms with Gasteiger partial charge in [0.1, 0.15) is 5.84 Å². The first-order chi connectivity index (χ1) is 14.4. The quantitative estimate of drug-likeness (QED) is 0.266. The Balaban J connectivity index is 1.97. The van der Waals surface area contributed by atoms with Crippen molar-refractivity contribution in [3.63, 3.8) is 0 Å². The Morgan fingerprint density at radius 2 is 1.83 bits per heavy atom. The summed E-state index contributed by atoms with van der Waals surface area (Å²) in [4.78, 5) is 47.1. The van der Waals surface area contributed by atoms with E-state index in [1.54, 1.807) is 24.3 Å². The van der Waals surface area contributed by atoms with Crippen molar-refractivity contribution in [3.8, 4) is 0 Å². The van der Waals surface area contributed by atoms with Gasteiger partial charge < -0.3 is 5.32 Å². The molecule has 1 unspecified atom stereocenters. The summed E-state index contributed by atoms with van der Waals surface area (Å²) in [6, 6.07) is 14.3. The van der Waals surface area contributed by atoms with E-state index in [0.29, 0.717) is 10.6 Å². The van der Waals surface area contributed by atoms with Crippen molar-refractivity contribution in [2.45, 2.75) is 13.0 Å². The Bertz CT molecular complexity index is 1010. The zero-order valence-electron chi connectivity index (χ0n) is 15.5. The molecule has 3 amide bonds. The van der Waals surface area contributed by atoms with E-state index in [0.717, 1.165) is 10.0 Å². The Kier molecular flexibility index (Phi) is 7.33. The second-order valence-corrected chi connectivity index (χ2v) is 7.66. The fourth-order valence-corrected chi connectivity index (χ4v) is 3.60. The minimum absolute atomic E-state index is 0.0943. The predicted octanol–water partition coefficient (Wildman–Crippen LogP) is 2.79. The molecule has 1 aliphatic rings. The maximum Gasteiger partial charge on any atom is 0.269 e. The van der Waals surface area contributed by atoms with Crippen molar-refractivity contribution < 1.29 is 24.5 Å².